The predicted octanol–water partition coefficient (Wildman–Crippen LogP) is 2.04. The van der Waals surface area contributed by atoms with Crippen LogP contribution in [0.5, 0.6) is 0 Å². The summed E-state index contributed by atoms with van der Waals surface area (Å²) in [4.78, 5) is 0. The summed E-state index contributed by atoms with van der Waals surface area (Å²) in [6, 6.07) is 0. The number of rotatable bonds is 1. The zero-order valence-corrected chi connectivity index (χ0v) is 11.7. The molecule has 0 saturated heterocycles. The number of nitrogens with one attached hydrogen (secondary N) is 1. The third kappa shape index (κ3) is 4.27. The molecule has 1 fully saturated rings. The van der Waals surface area contributed by atoms with Crippen molar-refractivity contribution >= 4 is 36.7 Å². The molecule has 0 amide bonds. The van der Waals surface area contributed by atoms with Gasteiger partial charge in [-0.25, -0.2) is 0 Å². The van der Waals surface area contributed by atoms with Gasteiger partial charge in [-0.1, -0.05) is 28.2 Å². The Morgan fingerprint density at radius 1 is 1.73 bits per heavy atom. The lowest BCUT2D eigenvalue weighted by Crippen LogP contribution is -2.33. The van der Waals surface area contributed by atoms with Crippen molar-refractivity contribution in [3.8, 4) is 0 Å². The van der Waals surface area contributed by atoms with Crippen LogP contribution in [-0.4, -0.2) is 28.6 Å². The largest absolute Gasteiger partial charge is 0.399 e. The summed E-state index contributed by atoms with van der Waals surface area (Å²) >= 11 is 2.42. The van der Waals surface area contributed by atoms with Gasteiger partial charge in [0, 0.05) is 15.6 Å². The Kier molecular flexibility index (Phi) is 4.83. The van der Waals surface area contributed by atoms with Gasteiger partial charge in [-0.15, -0.1) is 0 Å². The fourth-order valence-electron chi connectivity index (χ4n) is 2.16. The van der Waals surface area contributed by atoms with Crippen LogP contribution in [-0.2, 0) is 0 Å². The molecular weight excluding hydrogens is 300 g/mol. The van der Waals surface area contributed by atoms with Gasteiger partial charge in [-0.2, -0.15) is 0 Å². The molecule has 0 spiro atoms. The van der Waals surface area contributed by atoms with Gasteiger partial charge < -0.3 is 10.5 Å². The lowest BCUT2D eigenvalue weighted by atomic mass is 9.72. The van der Waals surface area contributed by atoms with Crippen LogP contribution in [0.3, 0.4) is 0 Å². The summed E-state index contributed by atoms with van der Waals surface area (Å²) in [5, 5.41) is 17.3. The quantitative estimate of drug-likeness (QED) is 0.330. The lowest BCUT2D eigenvalue weighted by Gasteiger charge is -2.30. The van der Waals surface area contributed by atoms with Crippen molar-refractivity contribution in [2.24, 2.45) is 0 Å². The van der Waals surface area contributed by atoms with Gasteiger partial charge in [0.15, 0.2) is 0 Å². The number of hydrogen-bond donors (Lipinski definition) is 2. The highest BCUT2D eigenvalue weighted by Gasteiger charge is 2.26. The van der Waals surface area contributed by atoms with Crippen LogP contribution in [0.1, 0.15) is 39.0 Å². The molecule has 1 aliphatic carbocycles. The minimum Gasteiger partial charge on any atom is -0.399 e. The summed E-state index contributed by atoms with van der Waals surface area (Å²) in [7, 11) is 1.94. The van der Waals surface area contributed by atoms with E-state index in [0.29, 0.717) is 3.92 Å². The van der Waals surface area contributed by atoms with E-state index >= 15 is 0 Å². The summed E-state index contributed by atoms with van der Waals surface area (Å²) in [5.41, 5.74) is 2.02. The number of aliphatic hydroxyl groups is 1. The Morgan fingerprint density at radius 3 is 3.00 bits per heavy atom. The minimum atomic E-state index is -0.490. The molecule has 0 radical (unpaired) electrons. The first-order chi connectivity index (χ1) is 6.94. The third-order valence-electron chi connectivity index (χ3n) is 3.10. The number of alkyl halides is 1. The molecule has 0 bridgehead atoms. The maximum absolute atomic E-state index is 10.1. The molecule has 2 nitrogen and oxygen atoms in total. The SMILES string of the molecule is BC1(O)CCC/C(=C(\C)C=N)CC(I)C1. The monoisotopic (exact) mass is 319 g/mol. The summed E-state index contributed by atoms with van der Waals surface area (Å²) in [6.07, 6.45) is 6.30. The zero-order chi connectivity index (χ0) is 11.5. The van der Waals surface area contributed by atoms with Gasteiger partial charge in [-0.3, -0.25) is 0 Å². The molecule has 2 unspecified atom stereocenters. The molecule has 0 aliphatic heterocycles. The number of allylic oxidation sites excluding steroid dienone is 2. The Hall–Kier alpha value is 0.165. The Labute approximate surface area is 107 Å². The lowest BCUT2D eigenvalue weighted by molar-refractivity contribution is 0.104. The van der Waals surface area contributed by atoms with Crippen LogP contribution in [0.2, 0.25) is 0 Å². The van der Waals surface area contributed by atoms with E-state index in [1.54, 1.807) is 0 Å². The van der Waals surface area contributed by atoms with E-state index < -0.39 is 5.50 Å². The van der Waals surface area contributed by atoms with Crippen molar-refractivity contribution < 1.29 is 5.11 Å². The molecule has 2 atom stereocenters. The molecule has 0 aromatic carbocycles. The van der Waals surface area contributed by atoms with E-state index in [9.17, 15) is 5.11 Å². The van der Waals surface area contributed by atoms with E-state index in [2.05, 4.69) is 22.6 Å². The summed E-state index contributed by atoms with van der Waals surface area (Å²) in [6.45, 7) is 2.02. The average Bonchev–Trinajstić information content (AvgIpc) is 2.11. The maximum atomic E-state index is 10.1. The van der Waals surface area contributed by atoms with E-state index in [4.69, 9.17) is 5.41 Å². The zero-order valence-electron chi connectivity index (χ0n) is 9.52. The predicted molar refractivity (Wildman–Crippen MR) is 75.9 cm³/mol. The van der Waals surface area contributed by atoms with Gasteiger partial charge in [0.05, 0.1) is 0 Å². The summed E-state index contributed by atoms with van der Waals surface area (Å²) in [5.74, 6) is 0. The molecule has 4 heteroatoms. The molecule has 1 aliphatic rings. The fourth-order valence-corrected chi connectivity index (χ4v) is 3.64. The van der Waals surface area contributed by atoms with Gasteiger partial charge in [0.1, 0.15) is 7.85 Å². The van der Waals surface area contributed by atoms with Crippen LogP contribution in [0.4, 0.5) is 0 Å². The van der Waals surface area contributed by atoms with Crippen LogP contribution >= 0.6 is 22.6 Å². The third-order valence-corrected chi connectivity index (χ3v) is 3.98. The summed E-state index contributed by atoms with van der Waals surface area (Å²) < 4.78 is 0.489. The Morgan fingerprint density at radius 2 is 2.40 bits per heavy atom. The Bertz CT molecular complexity index is 276. The molecule has 84 valence electrons. The average molecular weight is 319 g/mol. The topological polar surface area (TPSA) is 44.1 Å². The van der Waals surface area contributed by atoms with Crippen LogP contribution < -0.4 is 0 Å². The molecule has 0 aromatic heterocycles. The van der Waals surface area contributed by atoms with Crippen LogP contribution in [0.15, 0.2) is 11.1 Å². The molecule has 0 heterocycles. The van der Waals surface area contributed by atoms with E-state index in [1.165, 1.54) is 11.8 Å². The van der Waals surface area contributed by atoms with E-state index in [0.717, 1.165) is 37.7 Å². The molecule has 1 rings (SSSR count). The molecule has 0 aromatic rings. The number of halogens is 1. The van der Waals surface area contributed by atoms with Gasteiger partial charge in [0.2, 0.25) is 0 Å². The van der Waals surface area contributed by atoms with E-state index in [1.807, 2.05) is 14.8 Å². The first kappa shape index (κ1) is 13.2. The van der Waals surface area contributed by atoms with Crippen LogP contribution in [0.25, 0.3) is 0 Å². The highest BCUT2D eigenvalue weighted by atomic mass is 127. The Balaban J connectivity index is 2.75. The van der Waals surface area contributed by atoms with Crippen molar-refractivity contribution in [1.82, 2.24) is 0 Å². The first-order valence-electron chi connectivity index (χ1n) is 5.50. The smallest absolute Gasteiger partial charge is 0.142 e. The van der Waals surface area contributed by atoms with Gasteiger partial charge >= 0.3 is 0 Å². The second-order valence-corrected chi connectivity index (χ2v) is 6.55. The maximum Gasteiger partial charge on any atom is 0.142 e. The van der Waals surface area contributed by atoms with Gasteiger partial charge in [0.25, 0.3) is 0 Å². The molecule has 1 saturated carbocycles. The highest BCUT2D eigenvalue weighted by Crippen LogP contribution is 2.32. The number of hydrogen-bond acceptors (Lipinski definition) is 2. The van der Waals surface area contributed by atoms with Gasteiger partial charge in [-0.05, 0) is 44.6 Å². The first-order valence-corrected chi connectivity index (χ1v) is 6.75. The van der Waals surface area contributed by atoms with Crippen molar-refractivity contribution in [2.45, 2.75) is 48.5 Å². The van der Waals surface area contributed by atoms with Crippen molar-refractivity contribution in [3.63, 3.8) is 0 Å². The minimum absolute atomic E-state index is 0.489. The standard InChI is InChI=1S/C11H19BINO/c1-8(7-14)9-3-2-4-11(12,15)6-10(13)5-9/h7,10,14-15H,2-6,12H2,1H3/b9-8-,14-7?. The molecule has 15 heavy (non-hydrogen) atoms. The second-order valence-electron chi connectivity index (χ2n) is 4.79. The molecular formula is C11H19BINO. The second kappa shape index (κ2) is 5.48. The molecule has 2 N–H and O–H groups in total. The normalized spacial score (nSPS) is 36.6. The fraction of sp³-hybridized carbons (Fsp3) is 0.727. The highest BCUT2D eigenvalue weighted by molar-refractivity contribution is 14.1. The van der Waals surface area contributed by atoms with Crippen molar-refractivity contribution in [2.75, 3.05) is 0 Å². The van der Waals surface area contributed by atoms with Crippen molar-refractivity contribution in [1.29, 1.82) is 5.41 Å². The van der Waals surface area contributed by atoms with Crippen LogP contribution in [0, 0.1) is 5.41 Å². The van der Waals surface area contributed by atoms with E-state index in [-0.39, 0.29) is 0 Å². The van der Waals surface area contributed by atoms with Crippen molar-refractivity contribution in [3.05, 3.63) is 11.1 Å².